The van der Waals surface area contributed by atoms with Crippen LogP contribution in [0.1, 0.15) is 52.4 Å². The molecule has 1 aromatic rings. The van der Waals surface area contributed by atoms with Crippen molar-refractivity contribution in [1.29, 1.82) is 0 Å². The van der Waals surface area contributed by atoms with Crippen molar-refractivity contribution >= 4 is 17.5 Å². The average molecular weight is 369 g/mol. The number of carbonyl (C=O) groups is 1. The highest BCUT2D eigenvalue weighted by molar-refractivity contribution is 6.07. The van der Waals surface area contributed by atoms with Crippen LogP contribution >= 0.6 is 0 Å². The summed E-state index contributed by atoms with van der Waals surface area (Å²) in [6.07, 6.45) is 8.97. The van der Waals surface area contributed by atoms with Crippen molar-refractivity contribution in [3.05, 3.63) is 43.0 Å². The molecule has 2 atom stereocenters. The highest BCUT2D eigenvalue weighted by Crippen LogP contribution is 2.42. The molecule has 2 aliphatic rings. The lowest BCUT2D eigenvalue weighted by atomic mass is 9.70. The molecule has 4 nitrogen and oxygen atoms in total. The third-order valence-corrected chi connectivity index (χ3v) is 6.15. The number of aliphatic imine (C=N–C) groups is 1. The number of benzene rings is 1. The Labute approximate surface area is 163 Å². The van der Waals surface area contributed by atoms with Gasteiger partial charge in [0.15, 0.2) is 0 Å². The summed E-state index contributed by atoms with van der Waals surface area (Å²) in [5.41, 5.74) is 0.0806. The SMILES string of the molecule is C=CC1CCN(C2CCCCC2)C(=Nc2ccccc2)C1(C)C(=O)OCC. The van der Waals surface area contributed by atoms with Crippen LogP contribution in [0.4, 0.5) is 5.69 Å². The van der Waals surface area contributed by atoms with Gasteiger partial charge in [-0.2, -0.15) is 0 Å². The van der Waals surface area contributed by atoms with E-state index in [1.54, 1.807) is 0 Å². The molecule has 0 aromatic heterocycles. The van der Waals surface area contributed by atoms with E-state index in [-0.39, 0.29) is 11.9 Å². The zero-order valence-corrected chi connectivity index (χ0v) is 16.7. The smallest absolute Gasteiger partial charge is 0.320 e. The monoisotopic (exact) mass is 368 g/mol. The molecule has 27 heavy (non-hydrogen) atoms. The molecule has 4 heteroatoms. The molecular weight excluding hydrogens is 336 g/mol. The first-order valence-corrected chi connectivity index (χ1v) is 10.3. The highest BCUT2D eigenvalue weighted by Gasteiger charge is 2.52. The Hall–Kier alpha value is -2.10. The van der Waals surface area contributed by atoms with Crippen LogP contribution in [0.3, 0.4) is 0 Å². The summed E-state index contributed by atoms with van der Waals surface area (Å²) in [5.74, 6) is 0.694. The van der Waals surface area contributed by atoms with E-state index >= 15 is 0 Å². The van der Waals surface area contributed by atoms with Crippen LogP contribution in [-0.2, 0) is 9.53 Å². The van der Waals surface area contributed by atoms with Crippen LogP contribution in [0.5, 0.6) is 0 Å². The molecule has 1 aliphatic carbocycles. The number of hydrogen-bond acceptors (Lipinski definition) is 3. The Morgan fingerprint density at radius 1 is 1.26 bits per heavy atom. The quantitative estimate of drug-likeness (QED) is 0.535. The Kier molecular flexibility index (Phi) is 6.35. The maximum absolute atomic E-state index is 13.1. The van der Waals surface area contributed by atoms with Crippen LogP contribution in [0.15, 0.2) is 48.0 Å². The van der Waals surface area contributed by atoms with Crippen molar-refractivity contribution in [3.8, 4) is 0 Å². The minimum atomic E-state index is -0.802. The van der Waals surface area contributed by atoms with Crippen molar-refractivity contribution in [1.82, 2.24) is 4.90 Å². The minimum absolute atomic E-state index is 0.0267. The summed E-state index contributed by atoms with van der Waals surface area (Å²) in [5, 5.41) is 0. The zero-order valence-electron chi connectivity index (χ0n) is 16.7. The summed E-state index contributed by atoms with van der Waals surface area (Å²) in [7, 11) is 0. The minimum Gasteiger partial charge on any atom is -0.465 e. The first-order valence-electron chi connectivity index (χ1n) is 10.3. The summed E-state index contributed by atoms with van der Waals surface area (Å²) < 4.78 is 5.53. The fourth-order valence-electron chi connectivity index (χ4n) is 4.57. The third kappa shape index (κ3) is 3.95. The lowest BCUT2D eigenvalue weighted by Crippen LogP contribution is -2.59. The van der Waals surface area contributed by atoms with Crippen LogP contribution in [-0.4, -0.2) is 35.9 Å². The van der Waals surface area contributed by atoms with Crippen LogP contribution in [0.25, 0.3) is 0 Å². The standard InChI is InChI=1S/C23H32N2O2/c1-4-18-16-17-25(20-14-10-7-11-15-20)21(23(18,3)22(26)27-5-2)24-19-12-8-6-9-13-19/h4,6,8-9,12-13,18,20H,1,5,7,10-11,14-17H2,2-3H3. The molecule has 0 bridgehead atoms. The molecular formula is C23H32N2O2. The maximum Gasteiger partial charge on any atom is 0.320 e. The molecule has 2 unspecified atom stereocenters. The molecule has 3 rings (SSSR count). The van der Waals surface area contributed by atoms with Gasteiger partial charge in [0.05, 0.1) is 12.3 Å². The average Bonchev–Trinajstić information content (AvgIpc) is 2.71. The molecule has 2 fully saturated rings. The molecule has 1 heterocycles. The van der Waals surface area contributed by atoms with Crippen molar-refractivity contribution < 1.29 is 9.53 Å². The number of nitrogens with zero attached hydrogens (tertiary/aromatic N) is 2. The van der Waals surface area contributed by atoms with Crippen LogP contribution in [0, 0.1) is 11.3 Å². The highest BCUT2D eigenvalue weighted by atomic mass is 16.5. The molecule has 146 valence electrons. The Morgan fingerprint density at radius 3 is 2.59 bits per heavy atom. The predicted octanol–water partition coefficient (Wildman–Crippen LogP) is 5.13. The molecule has 1 aliphatic heterocycles. The lowest BCUT2D eigenvalue weighted by molar-refractivity contribution is -0.153. The number of rotatable bonds is 5. The van der Waals surface area contributed by atoms with E-state index in [0.29, 0.717) is 12.6 Å². The zero-order chi connectivity index (χ0) is 19.3. The molecule has 1 saturated carbocycles. The predicted molar refractivity (Wildman–Crippen MR) is 110 cm³/mol. The van der Waals surface area contributed by atoms with E-state index in [0.717, 1.165) is 24.5 Å². The van der Waals surface area contributed by atoms with E-state index in [1.165, 1.54) is 32.1 Å². The van der Waals surface area contributed by atoms with Gasteiger partial charge in [-0.3, -0.25) is 4.79 Å². The maximum atomic E-state index is 13.1. The molecule has 0 spiro atoms. The Bertz CT molecular complexity index is 679. The molecule has 0 N–H and O–H groups in total. The van der Waals surface area contributed by atoms with Crippen molar-refractivity contribution in [2.45, 2.75) is 58.4 Å². The Balaban J connectivity index is 2.08. The van der Waals surface area contributed by atoms with Gasteiger partial charge in [0.25, 0.3) is 0 Å². The molecule has 1 aromatic carbocycles. The van der Waals surface area contributed by atoms with Crippen LogP contribution < -0.4 is 0 Å². The van der Waals surface area contributed by atoms with Gasteiger partial charge in [0.1, 0.15) is 11.3 Å². The van der Waals surface area contributed by atoms with Crippen molar-refractivity contribution in [2.24, 2.45) is 16.3 Å². The number of amidine groups is 1. The van der Waals surface area contributed by atoms with E-state index in [9.17, 15) is 4.79 Å². The second-order valence-corrected chi connectivity index (χ2v) is 7.81. The van der Waals surface area contributed by atoms with Crippen molar-refractivity contribution in [2.75, 3.05) is 13.2 Å². The van der Waals surface area contributed by atoms with Gasteiger partial charge in [-0.1, -0.05) is 43.5 Å². The normalized spacial score (nSPS) is 28.1. The number of carbonyl (C=O) groups excluding carboxylic acids is 1. The number of allylic oxidation sites excluding steroid dienone is 1. The van der Waals surface area contributed by atoms with Gasteiger partial charge in [-0.15, -0.1) is 6.58 Å². The number of esters is 1. The second kappa shape index (κ2) is 8.73. The number of likely N-dealkylation sites (tertiary alicyclic amines) is 1. The summed E-state index contributed by atoms with van der Waals surface area (Å²) in [6, 6.07) is 10.4. The summed E-state index contributed by atoms with van der Waals surface area (Å²) in [4.78, 5) is 20.6. The van der Waals surface area contributed by atoms with E-state index in [1.807, 2.05) is 50.3 Å². The van der Waals surface area contributed by atoms with E-state index in [2.05, 4.69) is 11.5 Å². The number of piperidine rings is 1. The Morgan fingerprint density at radius 2 is 1.96 bits per heavy atom. The van der Waals surface area contributed by atoms with Gasteiger partial charge in [-0.05, 0) is 45.2 Å². The van der Waals surface area contributed by atoms with Gasteiger partial charge in [-0.25, -0.2) is 4.99 Å². The fraction of sp³-hybridized carbons (Fsp3) is 0.565. The van der Waals surface area contributed by atoms with E-state index < -0.39 is 5.41 Å². The largest absolute Gasteiger partial charge is 0.465 e. The van der Waals surface area contributed by atoms with Crippen molar-refractivity contribution in [3.63, 3.8) is 0 Å². The van der Waals surface area contributed by atoms with Gasteiger partial charge in [0.2, 0.25) is 0 Å². The second-order valence-electron chi connectivity index (χ2n) is 7.81. The molecule has 1 saturated heterocycles. The third-order valence-electron chi connectivity index (χ3n) is 6.15. The van der Waals surface area contributed by atoms with Gasteiger partial charge < -0.3 is 9.64 Å². The topological polar surface area (TPSA) is 41.9 Å². The van der Waals surface area contributed by atoms with E-state index in [4.69, 9.17) is 9.73 Å². The summed E-state index contributed by atoms with van der Waals surface area (Å²) in [6.45, 7) is 9.17. The number of para-hydroxylation sites is 1. The fourth-order valence-corrected chi connectivity index (χ4v) is 4.57. The van der Waals surface area contributed by atoms with Gasteiger partial charge >= 0.3 is 5.97 Å². The first-order chi connectivity index (χ1) is 13.1. The molecule has 0 amide bonds. The van der Waals surface area contributed by atoms with Crippen LogP contribution in [0.2, 0.25) is 0 Å². The number of ether oxygens (including phenoxy) is 1. The first kappa shape index (κ1) is 19.7. The lowest BCUT2D eigenvalue weighted by Gasteiger charge is -2.49. The molecule has 0 radical (unpaired) electrons. The number of hydrogen-bond donors (Lipinski definition) is 0. The summed E-state index contributed by atoms with van der Waals surface area (Å²) >= 11 is 0. The van der Waals surface area contributed by atoms with Gasteiger partial charge in [0, 0.05) is 18.5 Å².